The zero-order chi connectivity index (χ0) is 15.3. The number of amides is 1. The minimum atomic E-state index is -3.61. The summed E-state index contributed by atoms with van der Waals surface area (Å²) in [7, 11) is -3.61. The molecular weight excluding hydrogens is 337 g/mol. The molecule has 0 radical (unpaired) electrons. The van der Waals surface area contributed by atoms with Gasteiger partial charge in [-0.15, -0.1) is 0 Å². The van der Waals surface area contributed by atoms with E-state index in [9.17, 15) is 13.2 Å². The lowest BCUT2D eigenvalue weighted by molar-refractivity contribution is -0.116. The number of nitrogens with one attached hydrogen (secondary N) is 2. The first-order valence-corrected chi connectivity index (χ1v) is 8.58. The highest BCUT2D eigenvalue weighted by molar-refractivity contribution is 7.89. The lowest BCUT2D eigenvalue weighted by Crippen LogP contribution is -2.46. The standard InChI is InChI=1S/C12H13Cl2N3O3S/c13-12(14)9-7-8(1-2-10(9)16-11(12)18)21(19,20)17-5-3-15-4-6-17/h1-2,7,15H,3-6H2,(H,16,18). The number of nitrogens with zero attached hydrogens (tertiary/aromatic N) is 1. The Balaban J connectivity index is 2.02. The van der Waals surface area contributed by atoms with Crippen LogP contribution in [0.3, 0.4) is 0 Å². The van der Waals surface area contributed by atoms with E-state index in [1.54, 1.807) is 0 Å². The smallest absolute Gasteiger partial charge is 0.265 e. The first kappa shape index (κ1) is 15.1. The topological polar surface area (TPSA) is 78.5 Å². The summed E-state index contributed by atoms with van der Waals surface area (Å²) in [4.78, 5) is 11.8. The fraction of sp³-hybridized carbons (Fsp3) is 0.417. The van der Waals surface area contributed by atoms with E-state index in [1.165, 1.54) is 22.5 Å². The molecule has 1 aromatic carbocycles. The summed E-state index contributed by atoms with van der Waals surface area (Å²) in [6, 6.07) is 4.32. The maximum atomic E-state index is 12.6. The van der Waals surface area contributed by atoms with Gasteiger partial charge in [-0.25, -0.2) is 8.42 Å². The second kappa shape index (κ2) is 5.10. The maximum Gasteiger partial charge on any atom is 0.265 e. The summed E-state index contributed by atoms with van der Waals surface area (Å²) in [6.07, 6.45) is 0. The van der Waals surface area contributed by atoms with Crippen LogP contribution in [0, 0.1) is 0 Å². The van der Waals surface area contributed by atoms with Crippen LogP contribution < -0.4 is 10.6 Å². The van der Waals surface area contributed by atoms with Crippen LogP contribution in [0.5, 0.6) is 0 Å². The van der Waals surface area contributed by atoms with Gasteiger partial charge in [0.25, 0.3) is 5.91 Å². The molecule has 9 heteroatoms. The highest BCUT2D eigenvalue weighted by Gasteiger charge is 2.44. The Labute approximate surface area is 132 Å². The number of halogens is 2. The van der Waals surface area contributed by atoms with Crippen LogP contribution >= 0.6 is 23.2 Å². The molecule has 0 aliphatic carbocycles. The predicted octanol–water partition coefficient (Wildman–Crippen LogP) is 0.863. The molecular formula is C12H13Cl2N3O3S. The fourth-order valence-electron chi connectivity index (χ4n) is 2.41. The van der Waals surface area contributed by atoms with Crippen molar-refractivity contribution in [2.24, 2.45) is 0 Å². The van der Waals surface area contributed by atoms with Gasteiger partial charge in [0.05, 0.1) is 4.90 Å². The Morgan fingerprint density at radius 1 is 1.19 bits per heavy atom. The molecule has 6 nitrogen and oxygen atoms in total. The van der Waals surface area contributed by atoms with Gasteiger partial charge >= 0.3 is 0 Å². The van der Waals surface area contributed by atoms with E-state index in [1.807, 2.05) is 0 Å². The average molecular weight is 350 g/mol. The van der Waals surface area contributed by atoms with Crippen LogP contribution in [0.4, 0.5) is 5.69 Å². The number of carbonyl (C=O) groups is 1. The number of hydrogen-bond donors (Lipinski definition) is 2. The van der Waals surface area contributed by atoms with Crippen molar-refractivity contribution in [1.29, 1.82) is 0 Å². The number of fused-ring (bicyclic) bond motifs is 1. The number of sulfonamides is 1. The number of alkyl halides is 2. The van der Waals surface area contributed by atoms with Gasteiger partial charge in [0.1, 0.15) is 0 Å². The Hall–Kier alpha value is -0.860. The summed E-state index contributed by atoms with van der Waals surface area (Å²) in [5.41, 5.74) is 0.705. The molecule has 2 N–H and O–H groups in total. The third-order valence-corrected chi connectivity index (χ3v) is 6.22. The summed E-state index contributed by atoms with van der Waals surface area (Å²) < 4.78 is 24.8. The van der Waals surface area contributed by atoms with Crippen LogP contribution in [0.1, 0.15) is 5.56 Å². The summed E-state index contributed by atoms with van der Waals surface area (Å²) in [5, 5.41) is 5.62. The molecule has 0 saturated carbocycles. The predicted molar refractivity (Wildman–Crippen MR) is 80.1 cm³/mol. The van der Waals surface area contributed by atoms with E-state index in [0.717, 1.165) is 0 Å². The van der Waals surface area contributed by atoms with E-state index < -0.39 is 20.3 Å². The molecule has 0 atom stereocenters. The molecule has 0 bridgehead atoms. The van der Waals surface area contributed by atoms with Crippen molar-refractivity contribution in [3.05, 3.63) is 23.8 Å². The van der Waals surface area contributed by atoms with Crippen molar-refractivity contribution in [3.8, 4) is 0 Å². The SMILES string of the molecule is O=C1Nc2ccc(S(=O)(=O)N3CCNCC3)cc2C1(Cl)Cl. The van der Waals surface area contributed by atoms with Gasteiger partial charge in [0, 0.05) is 37.4 Å². The number of carbonyl (C=O) groups excluding carboxylic acids is 1. The molecule has 0 aromatic heterocycles. The van der Waals surface area contributed by atoms with Gasteiger partial charge in [-0.1, -0.05) is 23.2 Å². The maximum absolute atomic E-state index is 12.6. The lowest BCUT2D eigenvalue weighted by atomic mass is 10.1. The zero-order valence-electron chi connectivity index (χ0n) is 10.9. The third kappa shape index (κ3) is 2.43. The Morgan fingerprint density at radius 2 is 1.86 bits per heavy atom. The van der Waals surface area contributed by atoms with E-state index in [0.29, 0.717) is 31.9 Å². The van der Waals surface area contributed by atoms with Crippen LogP contribution in [-0.4, -0.2) is 44.8 Å². The number of benzene rings is 1. The largest absolute Gasteiger partial charge is 0.323 e. The number of hydrogen-bond acceptors (Lipinski definition) is 4. The zero-order valence-corrected chi connectivity index (χ0v) is 13.2. The normalized spacial score (nSPS) is 21.9. The molecule has 1 aromatic rings. The summed E-state index contributed by atoms with van der Waals surface area (Å²) in [6.45, 7) is 2.03. The van der Waals surface area contributed by atoms with Crippen molar-refractivity contribution >= 4 is 44.8 Å². The van der Waals surface area contributed by atoms with Gasteiger partial charge in [0.15, 0.2) is 0 Å². The summed E-state index contributed by atoms with van der Waals surface area (Å²) in [5.74, 6) is -0.572. The van der Waals surface area contributed by atoms with E-state index >= 15 is 0 Å². The van der Waals surface area contributed by atoms with Crippen molar-refractivity contribution in [1.82, 2.24) is 9.62 Å². The van der Waals surface area contributed by atoms with Crippen LogP contribution in [-0.2, 0) is 19.2 Å². The Kier molecular flexibility index (Phi) is 3.66. The van der Waals surface area contributed by atoms with Crippen LogP contribution in [0.25, 0.3) is 0 Å². The summed E-state index contributed by atoms with van der Waals surface area (Å²) >= 11 is 12.0. The van der Waals surface area contributed by atoms with Gasteiger partial charge in [-0.05, 0) is 18.2 Å². The first-order chi connectivity index (χ1) is 9.83. The molecule has 21 heavy (non-hydrogen) atoms. The van der Waals surface area contributed by atoms with E-state index in [-0.39, 0.29) is 10.5 Å². The molecule has 114 valence electrons. The van der Waals surface area contributed by atoms with Gasteiger partial charge < -0.3 is 10.6 Å². The van der Waals surface area contributed by atoms with Crippen molar-refractivity contribution < 1.29 is 13.2 Å². The minimum absolute atomic E-state index is 0.0883. The van der Waals surface area contributed by atoms with Crippen LogP contribution in [0.2, 0.25) is 0 Å². The molecule has 1 saturated heterocycles. The van der Waals surface area contributed by atoms with Gasteiger partial charge in [0.2, 0.25) is 14.4 Å². The van der Waals surface area contributed by atoms with E-state index in [2.05, 4.69) is 10.6 Å². The highest BCUT2D eigenvalue weighted by atomic mass is 35.5. The molecule has 2 aliphatic heterocycles. The van der Waals surface area contributed by atoms with Crippen molar-refractivity contribution in [2.45, 2.75) is 9.23 Å². The number of piperazine rings is 1. The Morgan fingerprint density at radius 3 is 2.52 bits per heavy atom. The van der Waals surface area contributed by atoms with Gasteiger partial charge in [-0.2, -0.15) is 4.31 Å². The lowest BCUT2D eigenvalue weighted by Gasteiger charge is -2.26. The van der Waals surface area contributed by atoms with Crippen LogP contribution in [0.15, 0.2) is 23.1 Å². The average Bonchev–Trinajstić information content (AvgIpc) is 2.70. The molecule has 0 spiro atoms. The Bertz CT molecular complexity index is 700. The minimum Gasteiger partial charge on any atom is -0.323 e. The molecule has 3 rings (SSSR count). The third-order valence-electron chi connectivity index (χ3n) is 3.58. The number of rotatable bonds is 2. The second-order valence-electron chi connectivity index (χ2n) is 4.89. The molecule has 2 aliphatic rings. The molecule has 1 amide bonds. The monoisotopic (exact) mass is 349 g/mol. The quantitative estimate of drug-likeness (QED) is 0.776. The van der Waals surface area contributed by atoms with E-state index in [4.69, 9.17) is 23.2 Å². The molecule has 2 heterocycles. The first-order valence-electron chi connectivity index (χ1n) is 6.38. The fourth-order valence-corrected chi connectivity index (χ4v) is 4.28. The number of anilines is 1. The molecule has 0 unspecified atom stereocenters. The van der Waals surface area contributed by atoms with Gasteiger partial charge in [-0.3, -0.25) is 4.79 Å². The van der Waals surface area contributed by atoms with Crippen molar-refractivity contribution in [2.75, 3.05) is 31.5 Å². The molecule has 1 fully saturated rings. The second-order valence-corrected chi connectivity index (χ2v) is 8.16. The highest BCUT2D eigenvalue weighted by Crippen LogP contribution is 2.45. The van der Waals surface area contributed by atoms with Crippen molar-refractivity contribution in [3.63, 3.8) is 0 Å².